The molecular weight excluding hydrogens is 444 g/mol. The molecule has 0 saturated heterocycles. The Labute approximate surface area is 198 Å². The number of fused-ring (bicyclic) bond motifs is 2. The number of nitrogens with zero attached hydrogens (tertiary/aromatic N) is 4. The zero-order chi connectivity index (χ0) is 21.6. The quantitative estimate of drug-likeness (QED) is 0.176. The van der Waals surface area contributed by atoms with Crippen LogP contribution in [0.1, 0.15) is 32.3 Å². The van der Waals surface area contributed by atoms with Crippen LogP contribution in [0.2, 0.25) is 5.15 Å². The number of benzene rings is 2. The summed E-state index contributed by atoms with van der Waals surface area (Å²) in [6.45, 7) is 9.74. The molecule has 0 aliphatic heterocycles. The Morgan fingerprint density at radius 1 is 1.03 bits per heavy atom. The molecule has 4 nitrogen and oxygen atoms in total. The average Bonchev–Trinajstić information content (AvgIpc) is 3.35. The molecule has 7 heteroatoms. The van der Waals surface area contributed by atoms with Gasteiger partial charge in [-0.25, -0.2) is 9.29 Å². The minimum Gasteiger partial charge on any atom is -0.304 e. The predicted octanol–water partition coefficient (Wildman–Crippen LogP) is 6.83. The van der Waals surface area contributed by atoms with E-state index in [1.54, 1.807) is 23.3 Å². The van der Waals surface area contributed by atoms with Crippen molar-refractivity contribution in [1.82, 2.24) is 18.6 Å². The highest BCUT2D eigenvalue weighted by molar-refractivity contribution is 7.97. The molecule has 0 fully saturated rings. The van der Waals surface area contributed by atoms with Gasteiger partial charge in [-0.05, 0) is 66.8 Å². The topological polar surface area (TPSA) is 23.8 Å². The number of hydrogen-bond acceptors (Lipinski definition) is 5. The van der Waals surface area contributed by atoms with Gasteiger partial charge >= 0.3 is 0 Å². The van der Waals surface area contributed by atoms with E-state index >= 15 is 0 Å². The summed E-state index contributed by atoms with van der Waals surface area (Å²) in [6, 6.07) is 15.3. The SMILES string of the molecule is CCN(CC)CCCCN(Cc1ccc2ccccc2c1)Sc1c(Cl)nc2sccn12. The van der Waals surface area contributed by atoms with Crippen molar-refractivity contribution in [2.75, 3.05) is 26.2 Å². The molecule has 164 valence electrons. The van der Waals surface area contributed by atoms with Gasteiger partial charge in [0.2, 0.25) is 0 Å². The zero-order valence-electron chi connectivity index (χ0n) is 18.1. The monoisotopic (exact) mass is 472 g/mol. The Morgan fingerprint density at radius 3 is 2.61 bits per heavy atom. The average molecular weight is 473 g/mol. The second-order valence-electron chi connectivity index (χ2n) is 7.63. The second-order valence-corrected chi connectivity index (χ2v) is 9.95. The molecule has 2 aromatic carbocycles. The molecular formula is C24H29ClN4S2. The fourth-order valence-electron chi connectivity index (χ4n) is 3.80. The number of thiazole rings is 1. The Morgan fingerprint density at radius 2 is 1.81 bits per heavy atom. The molecule has 0 aliphatic rings. The molecule has 0 spiro atoms. The van der Waals surface area contributed by atoms with Gasteiger partial charge in [-0.1, -0.05) is 61.8 Å². The minimum absolute atomic E-state index is 0.587. The van der Waals surface area contributed by atoms with Crippen LogP contribution in [0.15, 0.2) is 59.1 Å². The summed E-state index contributed by atoms with van der Waals surface area (Å²) in [4.78, 5) is 7.94. The number of aromatic nitrogens is 2. The molecule has 4 aromatic rings. The first-order chi connectivity index (χ1) is 15.2. The third kappa shape index (κ3) is 5.62. The van der Waals surface area contributed by atoms with Crippen LogP contribution in [-0.4, -0.2) is 44.8 Å². The molecule has 0 amide bonds. The van der Waals surface area contributed by atoms with Crippen LogP contribution in [0, 0.1) is 0 Å². The van der Waals surface area contributed by atoms with E-state index in [9.17, 15) is 0 Å². The largest absolute Gasteiger partial charge is 0.304 e. The molecule has 0 N–H and O–H groups in total. The summed E-state index contributed by atoms with van der Waals surface area (Å²) in [6.07, 6.45) is 4.40. The van der Waals surface area contributed by atoms with E-state index in [1.165, 1.54) is 22.8 Å². The van der Waals surface area contributed by atoms with Gasteiger partial charge in [0.15, 0.2) is 10.1 Å². The lowest BCUT2D eigenvalue weighted by Gasteiger charge is -2.22. The van der Waals surface area contributed by atoms with Crippen molar-refractivity contribution in [2.24, 2.45) is 0 Å². The summed E-state index contributed by atoms with van der Waals surface area (Å²) in [7, 11) is 0. The van der Waals surface area contributed by atoms with Gasteiger partial charge in [0.1, 0.15) is 5.03 Å². The van der Waals surface area contributed by atoms with Crippen LogP contribution < -0.4 is 0 Å². The van der Waals surface area contributed by atoms with Crippen molar-refractivity contribution in [3.63, 3.8) is 0 Å². The lowest BCUT2D eigenvalue weighted by molar-refractivity contribution is 0.291. The normalized spacial score (nSPS) is 12.0. The maximum absolute atomic E-state index is 6.50. The molecule has 4 rings (SSSR count). The van der Waals surface area contributed by atoms with Crippen molar-refractivity contribution in [2.45, 2.75) is 38.3 Å². The van der Waals surface area contributed by atoms with Crippen LogP contribution in [0.3, 0.4) is 0 Å². The van der Waals surface area contributed by atoms with Gasteiger partial charge in [0, 0.05) is 24.7 Å². The van der Waals surface area contributed by atoms with Gasteiger partial charge < -0.3 is 4.90 Å². The van der Waals surface area contributed by atoms with Gasteiger partial charge in [-0.15, -0.1) is 11.3 Å². The van der Waals surface area contributed by atoms with Crippen molar-refractivity contribution >= 4 is 50.6 Å². The smallest absolute Gasteiger partial charge is 0.196 e. The van der Waals surface area contributed by atoms with E-state index in [-0.39, 0.29) is 0 Å². The summed E-state index contributed by atoms with van der Waals surface area (Å²) in [5, 5.41) is 6.21. The van der Waals surface area contributed by atoms with Gasteiger partial charge in [0.05, 0.1) is 0 Å². The van der Waals surface area contributed by atoms with E-state index in [0.29, 0.717) is 5.15 Å². The lowest BCUT2D eigenvalue weighted by atomic mass is 10.1. The molecule has 2 heterocycles. The third-order valence-electron chi connectivity index (χ3n) is 5.59. The summed E-state index contributed by atoms with van der Waals surface area (Å²) < 4.78 is 4.53. The lowest BCUT2D eigenvalue weighted by Crippen LogP contribution is -2.25. The number of rotatable bonds is 11. The van der Waals surface area contributed by atoms with E-state index in [1.807, 2.05) is 0 Å². The highest BCUT2D eigenvalue weighted by atomic mass is 35.5. The van der Waals surface area contributed by atoms with Crippen molar-refractivity contribution in [3.05, 3.63) is 64.8 Å². The Balaban J connectivity index is 1.49. The molecule has 31 heavy (non-hydrogen) atoms. The van der Waals surface area contributed by atoms with Gasteiger partial charge in [-0.3, -0.25) is 4.40 Å². The Hall–Kier alpha value is -1.57. The standard InChI is InChI=1S/C24H29ClN4S2/c1-3-27(4-2)13-7-8-14-28(31-23-22(25)26-24-29(23)15-16-30-24)18-19-11-12-20-9-5-6-10-21(20)17-19/h5-6,9-12,15-17H,3-4,7-8,13-14,18H2,1-2H3. The Bertz CT molecular complexity index is 1120. The van der Waals surface area contributed by atoms with Gasteiger partial charge in [-0.2, -0.15) is 0 Å². The summed E-state index contributed by atoms with van der Waals surface area (Å²) >= 11 is 9.83. The summed E-state index contributed by atoms with van der Waals surface area (Å²) in [5.41, 5.74) is 1.32. The maximum Gasteiger partial charge on any atom is 0.196 e. The number of imidazole rings is 1. The van der Waals surface area contributed by atoms with Crippen LogP contribution >= 0.6 is 34.9 Å². The fourth-order valence-corrected chi connectivity index (χ4v) is 5.94. The van der Waals surface area contributed by atoms with Crippen molar-refractivity contribution in [1.29, 1.82) is 0 Å². The molecule has 0 atom stereocenters. The van der Waals surface area contributed by atoms with Gasteiger partial charge in [0.25, 0.3) is 0 Å². The van der Waals surface area contributed by atoms with Crippen molar-refractivity contribution in [3.8, 4) is 0 Å². The second kappa shape index (κ2) is 10.8. The first kappa shape index (κ1) is 22.6. The first-order valence-corrected chi connectivity index (χ1v) is 12.9. The van der Waals surface area contributed by atoms with Crippen molar-refractivity contribution < 1.29 is 0 Å². The molecule has 0 unspecified atom stereocenters. The minimum atomic E-state index is 0.587. The third-order valence-corrected chi connectivity index (χ3v) is 7.86. The molecule has 0 saturated carbocycles. The van der Waals surface area contributed by atoms with Crippen LogP contribution in [-0.2, 0) is 6.54 Å². The van der Waals surface area contributed by atoms with Crippen LogP contribution in [0.4, 0.5) is 0 Å². The van der Waals surface area contributed by atoms with E-state index in [2.05, 4.69) is 86.5 Å². The highest BCUT2D eigenvalue weighted by Crippen LogP contribution is 2.33. The molecule has 2 aromatic heterocycles. The van der Waals surface area contributed by atoms with Crippen LogP contribution in [0.25, 0.3) is 15.7 Å². The fraction of sp³-hybridized carbons (Fsp3) is 0.375. The molecule has 0 aliphatic carbocycles. The van der Waals surface area contributed by atoms with E-state index < -0.39 is 0 Å². The summed E-state index contributed by atoms with van der Waals surface area (Å²) in [5.74, 6) is 0. The maximum atomic E-state index is 6.50. The first-order valence-electron chi connectivity index (χ1n) is 10.9. The Kier molecular flexibility index (Phi) is 7.91. The zero-order valence-corrected chi connectivity index (χ0v) is 20.5. The number of halogens is 1. The highest BCUT2D eigenvalue weighted by Gasteiger charge is 2.17. The molecule has 0 bridgehead atoms. The van der Waals surface area contributed by atoms with E-state index in [0.717, 1.165) is 49.1 Å². The molecule has 0 radical (unpaired) electrons. The number of unbranched alkanes of at least 4 members (excludes halogenated alkanes) is 1. The predicted molar refractivity (Wildman–Crippen MR) is 135 cm³/mol. The number of hydrogen-bond donors (Lipinski definition) is 0. The van der Waals surface area contributed by atoms with Crippen LogP contribution in [0.5, 0.6) is 0 Å². The van der Waals surface area contributed by atoms with E-state index in [4.69, 9.17) is 11.6 Å².